The molecule has 3 aromatic rings. The Morgan fingerprint density at radius 3 is 2.42 bits per heavy atom. The van der Waals surface area contributed by atoms with Crippen molar-refractivity contribution < 1.29 is 4.79 Å². The van der Waals surface area contributed by atoms with Crippen LogP contribution in [0.3, 0.4) is 0 Å². The van der Waals surface area contributed by atoms with Crippen LogP contribution in [0.15, 0.2) is 58.5 Å². The molecule has 0 bridgehead atoms. The number of thioether (sulfide) groups is 1. The smallest absolute Gasteiger partial charge is 0.262 e. The third-order valence-electron chi connectivity index (χ3n) is 5.47. The molecule has 0 radical (unpaired) electrons. The fourth-order valence-electron chi connectivity index (χ4n) is 3.77. The molecule has 1 aromatic heterocycles. The lowest BCUT2D eigenvalue weighted by Gasteiger charge is -2.30. The van der Waals surface area contributed by atoms with Crippen LogP contribution in [0.4, 0.5) is 0 Å². The summed E-state index contributed by atoms with van der Waals surface area (Å²) in [6, 6.07) is 15.4. The molecule has 0 aliphatic rings. The Morgan fingerprint density at radius 1 is 1.09 bits per heavy atom. The molecule has 8 heteroatoms. The molecule has 0 atom stereocenters. The Balaban J connectivity index is 1.75. The number of halogens is 1. The topological polar surface area (TPSA) is 67.2 Å². The molecule has 0 saturated carbocycles. The average molecular weight is 487 g/mol. The standard InChI is InChI=1S/C25H31ClN4O2S/c1-17(2)29(18(3)4)13-14-30-24(32)21-7-5-6-8-22(21)28-25(30)33-16-23(31)27-15-19-9-11-20(26)12-10-19/h5-12,17-18H,13-16H2,1-4H3,(H,27,31). The van der Waals surface area contributed by atoms with Crippen molar-refractivity contribution in [3.63, 3.8) is 0 Å². The van der Waals surface area contributed by atoms with Gasteiger partial charge in [0.1, 0.15) is 0 Å². The van der Waals surface area contributed by atoms with Crippen molar-refractivity contribution in [3.8, 4) is 0 Å². The minimum absolute atomic E-state index is 0.0721. The predicted molar refractivity (Wildman–Crippen MR) is 137 cm³/mol. The van der Waals surface area contributed by atoms with Gasteiger partial charge in [0, 0.05) is 36.7 Å². The number of para-hydroxylation sites is 1. The highest BCUT2D eigenvalue weighted by Gasteiger charge is 2.17. The van der Waals surface area contributed by atoms with Gasteiger partial charge in [-0.05, 0) is 57.5 Å². The number of benzene rings is 2. The number of carbonyl (C=O) groups excluding carboxylic acids is 1. The van der Waals surface area contributed by atoms with Gasteiger partial charge in [-0.1, -0.05) is 47.6 Å². The monoisotopic (exact) mass is 486 g/mol. The largest absolute Gasteiger partial charge is 0.351 e. The number of carbonyl (C=O) groups is 1. The molecule has 2 aromatic carbocycles. The first-order valence-electron chi connectivity index (χ1n) is 11.2. The number of aromatic nitrogens is 2. The van der Waals surface area contributed by atoms with Gasteiger partial charge in [0.05, 0.1) is 16.7 Å². The Labute approximate surface area is 204 Å². The van der Waals surface area contributed by atoms with Crippen LogP contribution in [0.2, 0.25) is 5.02 Å². The normalized spacial score (nSPS) is 11.6. The Bertz CT molecular complexity index is 1140. The van der Waals surface area contributed by atoms with E-state index in [1.54, 1.807) is 22.8 Å². The highest BCUT2D eigenvalue weighted by atomic mass is 35.5. The maximum absolute atomic E-state index is 13.3. The fraction of sp³-hybridized carbons (Fsp3) is 0.400. The van der Waals surface area contributed by atoms with Gasteiger partial charge in [0.25, 0.3) is 5.56 Å². The third kappa shape index (κ3) is 6.82. The molecule has 33 heavy (non-hydrogen) atoms. The van der Waals surface area contributed by atoms with Crippen molar-refractivity contribution in [1.82, 2.24) is 19.8 Å². The van der Waals surface area contributed by atoms with Gasteiger partial charge < -0.3 is 5.32 Å². The van der Waals surface area contributed by atoms with E-state index in [0.29, 0.717) is 46.3 Å². The van der Waals surface area contributed by atoms with Crippen molar-refractivity contribution in [2.24, 2.45) is 0 Å². The van der Waals surface area contributed by atoms with Crippen LogP contribution < -0.4 is 10.9 Å². The number of rotatable bonds is 10. The summed E-state index contributed by atoms with van der Waals surface area (Å²) >= 11 is 7.20. The van der Waals surface area contributed by atoms with Gasteiger partial charge in [0.2, 0.25) is 5.91 Å². The Kier molecular flexibility index (Phi) is 8.95. The maximum atomic E-state index is 13.3. The quantitative estimate of drug-likeness (QED) is 0.335. The number of hydrogen-bond acceptors (Lipinski definition) is 5. The van der Waals surface area contributed by atoms with E-state index in [2.05, 4.69) is 37.9 Å². The van der Waals surface area contributed by atoms with Gasteiger partial charge in [0.15, 0.2) is 5.16 Å². The second kappa shape index (κ2) is 11.7. The molecule has 0 unspecified atom stereocenters. The number of fused-ring (bicyclic) bond motifs is 1. The molecule has 3 rings (SSSR count). The van der Waals surface area contributed by atoms with E-state index >= 15 is 0 Å². The van der Waals surface area contributed by atoms with Gasteiger partial charge in [-0.15, -0.1) is 0 Å². The van der Waals surface area contributed by atoms with E-state index in [-0.39, 0.29) is 17.2 Å². The van der Waals surface area contributed by atoms with Crippen LogP contribution in [0.5, 0.6) is 0 Å². The molecule has 0 aliphatic heterocycles. The number of nitrogens with zero attached hydrogens (tertiary/aromatic N) is 3. The van der Waals surface area contributed by atoms with Gasteiger partial charge in [-0.3, -0.25) is 19.1 Å². The summed E-state index contributed by atoms with van der Waals surface area (Å²) in [6.07, 6.45) is 0. The molecule has 6 nitrogen and oxygen atoms in total. The molecular weight excluding hydrogens is 456 g/mol. The summed E-state index contributed by atoms with van der Waals surface area (Å²) in [4.78, 5) is 32.8. The molecular formula is C25H31ClN4O2S. The predicted octanol–water partition coefficient (Wildman–Crippen LogP) is 4.58. The average Bonchev–Trinajstić information content (AvgIpc) is 2.78. The summed E-state index contributed by atoms with van der Waals surface area (Å²) in [5.74, 6) is 0.0612. The summed E-state index contributed by atoms with van der Waals surface area (Å²) in [5.41, 5.74) is 1.55. The van der Waals surface area contributed by atoms with Crippen LogP contribution in [-0.2, 0) is 17.9 Å². The minimum atomic E-state index is -0.116. The zero-order valence-electron chi connectivity index (χ0n) is 19.5. The molecule has 0 aliphatic carbocycles. The van der Waals surface area contributed by atoms with Crippen molar-refractivity contribution in [1.29, 1.82) is 0 Å². The lowest BCUT2D eigenvalue weighted by molar-refractivity contribution is -0.118. The molecule has 176 valence electrons. The van der Waals surface area contributed by atoms with Crippen LogP contribution in [0, 0.1) is 0 Å². The molecule has 0 spiro atoms. The Hall–Kier alpha value is -2.35. The van der Waals surface area contributed by atoms with Crippen molar-refractivity contribution in [3.05, 3.63) is 69.5 Å². The fourth-order valence-corrected chi connectivity index (χ4v) is 4.75. The van der Waals surface area contributed by atoms with E-state index in [1.807, 2.05) is 30.3 Å². The Morgan fingerprint density at radius 2 is 1.76 bits per heavy atom. The highest BCUT2D eigenvalue weighted by molar-refractivity contribution is 7.99. The first-order valence-corrected chi connectivity index (χ1v) is 12.5. The molecule has 1 N–H and O–H groups in total. The number of hydrogen-bond donors (Lipinski definition) is 1. The van der Waals surface area contributed by atoms with Crippen LogP contribution >= 0.6 is 23.4 Å². The lowest BCUT2D eigenvalue weighted by Crippen LogP contribution is -2.40. The second-order valence-electron chi connectivity index (χ2n) is 8.49. The highest BCUT2D eigenvalue weighted by Crippen LogP contribution is 2.18. The number of nitrogens with one attached hydrogen (secondary N) is 1. The van der Waals surface area contributed by atoms with E-state index in [9.17, 15) is 9.59 Å². The van der Waals surface area contributed by atoms with E-state index in [0.717, 1.165) is 12.1 Å². The van der Waals surface area contributed by atoms with Crippen molar-refractivity contribution in [2.75, 3.05) is 12.3 Å². The summed E-state index contributed by atoms with van der Waals surface area (Å²) in [7, 11) is 0. The summed E-state index contributed by atoms with van der Waals surface area (Å²) < 4.78 is 1.71. The van der Waals surface area contributed by atoms with Crippen molar-refractivity contribution in [2.45, 2.75) is 58.0 Å². The number of amides is 1. The third-order valence-corrected chi connectivity index (χ3v) is 6.70. The maximum Gasteiger partial charge on any atom is 0.262 e. The van der Waals surface area contributed by atoms with Crippen LogP contribution in [-0.4, -0.2) is 44.7 Å². The minimum Gasteiger partial charge on any atom is -0.351 e. The second-order valence-corrected chi connectivity index (χ2v) is 9.86. The molecule has 0 saturated heterocycles. The van der Waals surface area contributed by atoms with Crippen LogP contribution in [0.1, 0.15) is 33.3 Å². The van der Waals surface area contributed by atoms with E-state index < -0.39 is 0 Å². The summed E-state index contributed by atoms with van der Waals surface area (Å²) in [5, 5.41) is 4.73. The molecule has 0 fully saturated rings. The van der Waals surface area contributed by atoms with Gasteiger partial charge in [-0.25, -0.2) is 4.98 Å². The van der Waals surface area contributed by atoms with E-state index in [1.165, 1.54) is 11.8 Å². The van der Waals surface area contributed by atoms with Crippen LogP contribution in [0.25, 0.3) is 10.9 Å². The van der Waals surface area contributed by atoms with E-state index in [4.69, 9.17) is 16.6 Å². The SMILES string of the molecule is CC(C)N(CCn1c(SCC(=O)NCc2ccc(Cl)cc2)nc2ccccc2c1=O)C(C)C. The summed E-state index contributed by atoms with van der Waals surface area (Å²) in [6.45, 7) is 10.3. The first-order chi connectivity index (χ1) is 15.8. The molecule has 1 heterocycles. The zero-order valence-corrected chi connectivity index (χ0v) is 21.1. The molecule has 1 amide bonds. The van der Waals surface area contributed by atoms with Gasteiger partial charge >= 0.3 is 0 Å². The zero-order chi connectivity index (χ0) is 24.0. The van der Waals surface area contributed by atoms with Gasteiger partial charge in [-0.2, -0.15) is 0 Å². The lowest BCUT2D eigenvalue weighted by atomic mass is 10.2. The first kappa shape index (κ1) is 25.3. The van der Waals surface area contributed by atoms with Crippen molar-refractivity contribution >= 4 is 40.2 Å².